The zero-order valence-corrected chi connectivity index (χ0v) is 20.1. The zero-order valence-electron chi connectivity index (χ0n) is 20.1. The molecule has 2 rings (SSSR count). The standard InChI is InChI=1S/C26H35F3N2O3/c1-3-5-7-8-9-10-11-20-13-15-21(16-14-20)22-17-18-24(31-30-22)33-19-23(26(27,28)29)34-25(32)12-6-4-2/h13-18,23H,3-12,19H2,1-2H3. The Bertz CT molecular complexity index is 840. The third-order valence-electron chi connectivity index (χ3n) is 5.46. The minimum Gasteiger partial charge on any atom is -0.472 e. The maximum absolute atomic E-state index is 13.2. The van der Waals surface area contributed by atoms with Crippen molar-refractivity contribution in [2.45, 2.75) is 90.3 Å². The van der Waals surface area contributed by atoms with E-state index in [1.54, 1.807) is 6.07 Å². The summed E-state index contributed by atoms with van der Waals surface area (Å²) in [5.41, 5.74) is 2.72. The van der Waals surface area contributed by atoms with Crippen LogP contribution in [0.15, 0.2) is 36.4 Å². The van der Waals surface area contributed by atoms with Crippen LogP contribution in [0.3, 0.4) is 0 Å². The fourth-order valence-electron chi connectivity index (χ4n) is 3.40. The molecule has 0 bridgehead atoms. The van der Waals surface area contributed by atoms with Crippen molar-refractivity contribution in [2.75, 3.05) is 6.61 Å². The normalized spacial score (nSPS) is 12.4. The Hall–Kier alpha value is -2.64. The zero-order chi connectivity index (χ0) is 24.8. The highest BCUT2D eigenvalue weighted by atomic mass is 19.4. The van der Waals surface area contributed by atoms with E-state index in [4.69, 9.17) is 4.74 Å². The summed E-state index contributed by atoms with van der Waals surface area (Å²) in [5.74, 6) is -0.962. The summed E-state index contributed by atoms with van der Waals surface area (Å²) in [6.07, 6.45) is 2.59. The van der Waals surface area contributed by atoms with Gasteiger partial charge >= 0.3 is 12.1 Å². The molecule has 1 heterocycles. The monoisotopic (exact) mass is 480 g/mol. The van der Waals surface area contributed by atoms with E-state index in [-0.39, 0.29) is 12.3 Å². The molecule has 0 saturated heterocycles. The van der Waals surface area contributed by atoms with Gasteiger partial charge < -0.3 is 9.47 Å². The molecule has 1 atom stereocenters. The third-order valence-corrected chi connectivity index (χ3v) is 5.46. The highest BCUT2D eigenvalue weighted by molar-refractivity contribution is 5.69. The molecule has 0 fully saturated rings. The average molecular weight is 481 g/mol. The summed E-state index contributed by atoms with van der Waals surface area (Å²) >= 11 is 0. The fraction of sp³-hybridized carbons (Fsp3) is 0.577. The second-order valence-electron chi connectivity index (χ2n) is 8.41. The number of carbonyl (C=O) groups excluding carboxylic acids is 1. The molecule has 0 aliphatic rings. The van der Waals surface area contributed by atoms with Crippen LogP contribution in [-0.2, 0) is 16.0 Å². The van der Waals surface area contributed by atoms with Gasteiger partial charge in [0.25, 0.3) is 0 Å². The van der Waals surface area contributed by atoms with Crippen LogP contribution in [0.5, 0.6) is 5.88 Å². The van der Waals surface area contributed by atoms with Crippen molar-refractivity contribution >= 4 is 5.97 Å². The SMILES string of the molecule is CCCCCCCCc1ccc(-c2ccc(OCC(OC(=O)CCCC)C(F)(F)F)nn2)cc1. The molecule has 8 heteroatoms. The van der Waals surface area contributed by atoms with Gasteiger partial charge in [0.2, 0.25) is 12.0 Å². The number of aryl methyl sites for hydroxylation is 1. The Morgan fingerprint density at radius 1 is 0.882 bits per heavy atom. The van der Waals surface area contributed by atoms with E-state index in [0.717, 1.165) is 12.0 Å². The number of rotatable bonds is 15. The minimum absolute atomic E-state index is 0.0602. The van der Waals surface area contributed by atoms with Gasteiger partial charge in [-0.1, -0.05) is 76.6 Å². The van der Waals surface area contributed by atoms with Gasteiger partial charge in [0.05, 0.1) is 5.69 Å². The van der Waals surface area contributed by atoms with Gasteiger partial charge in [0.1, 0.15) is 6.61 Å². The minimum atomic E-state index is -4.73. The Labute approximate surface area is 200 Å². The number of benzene rings is 1. The Balaban J connectivity index is 1.86. The Kier molecular flexibility index (Phi) is 11.8. The van der Waals surface area contributed by atoms with Gasteiger partial charge in [-0.15, -0.1) is 10.2 Å². The number of unbranched alkanes of at least 4 members (excludes halogenated alkanes) is 6. The number of nitrogens with zero attached hydrogens (tertiary/aromatic N) is 2. The summed E-state index contributed by atoms with van der Waals surface area (Å²) in [5, 5.41) is 7.93. The van der Waals surface area contributed by atoms with Crippen LogP contribution in [0.25, 0.3) is 11.3 Å². The predicted octanol–water partition coefficient (Wildman–Crippen LogP) is 7.09. The topological polar surface area (TPSA) is 61.3 Å². The highest BCUT2D eigenvalue weighted by Gasteiger charge is 2.43. The van der Waals surface area contributed by atoms with Crippen molar-refractivity contribution in [3.05, 3.63) is 42.0 Å². The van der Waals surface area contributed by atoms with Crippen molar-refractivity contribution in [1.82, 2.24) is 10.2 Å². The molecule has 2 aromatic rings. The van der Waals surface area contributed by atoms with Crippen LogP contribution in [0.2, 0.25) is 0 Å². The average Bonchev–Trinajstić information content (AvgIpc) is 2.82. The van der Waals surface area contributed by atoms with E-state index < -0.39 is 24.9 Å². The van der Waals surface area contributed by atoms with Crippen molar-refractivity contribution in [2.24, 2.45) is 0 Å². The summed E-state index contributed by atoms with van der Waals surface area (Å²) in [6, 6.07) is 11.2. The first-order valence-electron chi connectivity index (χ1n) is 12.2. The Morgan fingerprint density at radius 2 is 1.56 bits per heavy atom. The van der Waals surface area contributed by atoms with E-state index >= 15 is 0 Å². The van der Waals surface area contributed by atoms with Crippen molar-refractivity contribution in [1.29, 1.82) is 0 Å². The summed E-state index contributed by atoms with van der Waals surface area (Å²) in [7, 11) is 0. The number of hydrogen-bond acceptors (Lipinski definition) is 5. The van der Waals surface area contributed by atoms with Crippen molar-refractivity contribution < 1.29 is 27.4 Å². The van der Waals surface area contributed by atoms with E-state index in [2.05, 4.69) is 34.0 Å². The molecular weight excluding hydrogens is 445 g/mol. The van der Waals surface area contributed by atoms with Crippen LogP contribution in [-0.4, -0.2) is 35.1 Å². The van der Waals surface area contributed by atoms with Crippen LogP contribution in [0.1, 0.15) is 77.2 Å². The lowest BCUT2D eigenvalue weighted by atomic mass is 10.0. The number of alkyl halides is 3. The van der Waals surface area contributed by atoms with Crippen LogP contribution in [0, 0.1) is 0 Å². The summed E-state index contributed by atoms with van der Waals surface area (Å²) in [4.78, 5) is 11.6. The van der Waals surface area contributed by atoms with Gasteiger partial charge in [0.15, 0.2) is 0 Å². The lowest BCUT2D eigenvalue weighted by Crippen LogP contribution is -2.38. The molecular formula is C26H35F3N2O3. The van der Waals surface area contributed by atoms with E-state index in [0.29, 0.717) is 18.5 Å². The molecule has 0 aliphatic carbocycles. The quantitative estimate of drug-likeness (QED) is 0.201. The van der Waals surface area contributed by atoms with E-state index in [1.165, 1.54) is 50.2 Å². The fourth-order valence-corrected chi connectivity index (χ4v) is 3.40. The van der Waals surface area contributed by atoms with Crippen LogP contribution in [0.4, 0.5) is 13.2 Å². The summed E-state index contributed by atoms with van der Waals surface area (Å²) < 4.78 is 49.2. The highest BCUT2D eigenvalue weighted by Crippen LogP contribution is 2.25. The molecule has 5 nitrogen and oxygen atoms in total. The first kappa shape index (κ1) is 27.6. The molecule has 188 valence electrons. The number of halogens is 3. The number of hydrogen-bond donors (Lipinski definition) is 0. The molecule has 0 spiro atoms. The maximum atomic E-state index is 13.2. The predicted molar refractivity (Wildman–Crippen MR) is 126 cm³/mol. The molecule has 34 heavy (non-hydrogen) atoms. The smallest absolute Gasteiger partial charge is 0.428 e. The molecule has 0 saturated carbocycles. The molecule has 0 radical (unpaired) electrons. The number of carbonyl (C=O) groups is 1. The van der Waals surface area contributed by atoms with Crippen molar-refractivity contribution in [3.8, 4) is 17.1 Å². The molecule has 1 unspecified atom stereocenters. The van der Waals surface area contributed by atoms with Gasteiger partial charge in [-0.25, -0.2) is 0 Å². The lowest BCUT2D eigenvalue weighted by Gasteiger charge is -2.20. The summed E-state index contributed by atoms with van der Waals surface area (Å²) in [6.45, 7) is 3.18. The molecule has 0 amide bonds. The number of ether oxygens (including phenoxy) is 2. The van der Waals surface area contributed by atoms with Crippen molar-refractivity contribution in [3.63, 3.8) is 0 Å². The lowest BCUT2D eigenvalue weighted by molar-refractivity contribution is -0.227. The molecule has 1 aromatic carbocycles. The molecule has 1 aromatic heterocycles. The number of aromatic nitrogens is 2. The second kappa shape index (κ2) is 14.6. The largest absolute Gasteiger partial charge is 0.472 e. The van der Waals surface area contributed by atoms with Gasteiger partial charge in [-0.2, -0.15) is 13.2 Å². The molecule has 0 N–H and O–H groups in total. The first-order chi connectivity index (χ1) is 16.3. The van der Waals surface area contributed by atoms with Gasteiger partial charge in [-0.05, 0) is 30.9 Å². The Morgan fingerprint density at radius 3 is 2.18 bits per heavy atom. The van der Waals surface area contributed by atoms with Gasteiger partial charge in [0, 0.05) is 18.1 Å². The van der Waals surface area contributed by atoms with Gasteiger partial charge in [-0.3, -0.25) is 4.79 Å². The second-order valence-corrected chi connectivity index (χ2v) is 8.41. The van der Waals surface area contributed by atoms with E-state index in [1.807, 2.05) is 19.1 Å². The van der Waals surface area contributed by atoms with Crippen LogP contribution < -0.4 is 4.74 Å². The maximum Gasteiger partial charge on any atom is 0.428 e. The van der Waals surface area contributed by atoms with E-state index in [9.17, 15) is 18.0 Å². The third kappa shape index (κ3) is 10.1. The first-order valence-corrected chi connectivity index (χ1v) is 12.2. The number of esters is 1. The van der Waals surface area contributed by atoms with Crippen LogP contribution >= 0.6 is 0 Å². The molecule has 0 aliphatic heterocycles.